The highest BCUT2D eigenvalue weighted by Gasteiger charge is 2.43. The normalized spacial score (nSPS) is 16.0. The maximum Gasteiger partial charge on any atom is 0.283 e. The van der Waals surface area contributed by atoms with E-state index in [1.165, 1.54) is 17.3 Å². The number of carbonyl (C=O) groups is 2. The van der Waals surface area contributed by atoms with Crippen molar-refractivity contribution in [2.45, 2.75) is 24.8 Å². The van der Waals surface area contributed by atoms with Crippen molar-refractivity contribution in [1.29, 1.82) is 0 Å². The number of carbonyl (C=O) groups excluding carboxylic acids is 2. The third kappa shape index (κ3) is 4.05. The van der Waals surface area contributed by atoms with Crippen molar-refractivity contribution >= 4 is 52.5 Å². The number of fused-ring (bicyclic) bond motifs is 1. The van der Waals surface area contributed by atoms with Gasteiger partial charge in [0.25, 0.3) is 11.8 Å². The Morgan fingerprint density at radius 3 is 2.33 bits per heavy atom. The molecule has 0 bridgehead atoms. The Morgan fingerprint density at radius 1 is 0.848 bits per heavy atom. The van der Waals surface area contributed by atoms with Crippen LogP contribution in [0.2, 0.25) is 10.0 Å². The van der Waals surface area contributed by atoms with Crippen LogP contribution in [-0.2, 0) is 22.6 Å². The molecule has 0 fully saturated rings. The summed E-state index contributed by atoms with van der Waals surface area (Å²) in [6.45, 7) is 3.23. The molecule has 0 aromatic heterocycles. The Balaban J connectivity index is 1.58. The van der Waals surface area contributed by atoms with Crippen molar-refractivity contribution < 1.29 is 9.59 Å². The first-order valence-electron chi connectivity index (χ1n) is 10.6. The van der Waals surface area contributed by atoms with Crippen molar-refractivity contribution in [3.05, 3.63) is 104 Å². The van der Waals surface area contributed by atoms with Crippen LogP contribution in [0.15, 0.2) is 82.2 Å². The quantitative estimate of drug-likeness (QED) is 0.402. The number of hydrogen-bond donors (Lipinski definition) is 0. The van der Waals surface area contributed by atoms with Crippen LogP contribution in [-0.4, -0.2) is 23.3 Å². The van der Waals surface area contributed by atoms with Crippen molar-refractivity contribution in [3.63, 3.8) is 0 Å². The van der Waals surface area contributed by atoms with Crippen LogP contribution >= 0.6 is 35.0 Å². The first-order chi connectivity index (χ1) is 15.9. The van der Waals surface area contributed by atoms with Gasteiger partial charge in [0, 0.05) is 18.0 Å². The summed E-state index contributed by atoms with van der Waals surface area (Å²) >= 11 is 13.9. The van der Waals surface area contributed by atoms with E-state index in [0.29, 0.717) is 34.4 Å². The lowest BCUT2D eigenvalue weighted by atomic mass is 9.99. The second kappa shape index (κ2) is 8.90. The van der Waals surface area contributed by atoms with Crippen molar-refractivity contribution in [1.82, 2.24) is 4.90 Å². The van der Waals surface area contributed by atoms with Gasteiger partial charge in [0.2, 0.25) is 0 Å². The SMILES string of the molecule is Cc1ccc(SC2=C(N3CCc4ccccc4C3)C(=O)N(c3cccc(Cl)c3Cl)C2=O)cc1. The van der Waals surface area contributed by atoms with Crippen LogP contribution in [0.4, 0.5) is 5.69 Å². The van der Waals surface area contributed by atoms with E-state index in [1.54, 1.807) is 18.2 Å². The maximum atomic E-state index is 13.7. The molecule has 2 amide bonds. The fraction of sp³-hybridized carbons (Fsp3) is 0.154. The van der Waals surface area contributed by atoms with Gasteiger partial charge >= 0.3 is 0 Å². The van der Waals surface area contributed by atoms with Gasteiger partial charge in [-0.3, -0.25) is 9.59 Å². The molecule has 0 saturated heterocycles. The van der Waals surface area contributed by atoms with E-state index in [9.17, 15) is 9.59 Å². The Bertz CT molecular complexity index is 1300. The second-order valence-electron chi connectivity index (χ2n) is 8.05. The van der Waals surface area contributed by atoms with E-state index < -0.39 is 0 Å². The van der Waals surface area contributed by atoms with E-state index in [1.807, 2.05) is 48.2 Å². The second-order valence-corrected chi connectivity index (χ2v) is 9.92. The number of benzene rings is 3. The van der Waals surface area contributed by atoms with Crippen LogP contribution in [0.3, 0.4) is 0 Å². The molecule has 2 aliphatic heterocycles. The molecule has 7 heteroatoms. The summed E-state index contributed by atoms with van der Waals surface area (Å²) in [6.07, 6.45) is 0.807. The number of imide groups is 1. The molecular formula is C26H20Cl2N2O2S. The van der Waals surface area contributed by atoms with Gasteiger partial charge in [0.15, 0.2) is 0 Å². The number of thioether (sulfide) groups is 1. The molecule has 0 spiro atoms. The molecule has 0 aliphatic carbocycles. The zero-order valence-electron chi connectivity index (χ0n) is 17.8. The minimum Gasteiger partial charge on any atom is -0.361 e. The van der Waals surface area contributed by atoms with Crippen LogP contribution in [0.25, 0.3) is 0 Å². The molecule has 0 unspecified atom stereocenters. The van der Waals surface area contributed by atoms with Gasteiger partial charge < -0.3 is 4.90 Å². The summed E-state index contributed by atoms with van der Waals surface area (Å²) in [4.78, 5) is 31.8. The van der Waals surface area contributed by atoms with E-state index in [-0.39, 0.29) is 16.8 Å². The molecule has 3 aromatic carbocycles. The Labute approximate surface area is 206 Å². The first-order valence-corrected chi connectivity index (χ1v) is 12.1. The smallest absolute Gasteiger partial charge is 0.283 e. The monoisotopic (exact) mass is 494 g/mol. The molecule has 5 rings (SSSR count). The number of nitrogens with zero attached hydrogens (tertiary/aromatic N) is 2. The Kier molecular flexibility index (Phi) is 5.95. The van der Waals surface area contributed by atoms with Gasteiger partial charge in [0.05, 0.1) is 15.7 Å². The highest BCUT2D eigenvalue weighted by molar-refractivity contribution is 8.04. The van der Waals surface area contributed by atoms with Crippen molar-refractivity contribution in [3.8, 4) is 0 Å². The molecule has 0 N–H and O–H groups in total. The van der Waals surface area contributed by atoms with Gasteiger partial charge in [-0.25, -0.2) is 4.90 Å². The van der Waals surface area contributed by atoms with Crippen LogP contribution in [0.5, 0.6) is 0 Å². The fourth-order valence-electron chi connectivity index (χ4n) is 4.16. The number of anilines is 1. The predicted molar refractivity (Wildman–Crippen MR) is 134 cm³/mol. The lowest BCUT2D eigenvalue weighted by molar-refractivity contribution is -0.121. The van der Waals surface area contributed by atoms with E-state index in [4.69, 9.17) is 23.2 Å². The number of amides is 2. The van der Waals surface area contributed by atoms with Gasteiger partial charge in [-0.15, -0.1) is 0 Å². The lowest BCUT2D eigenvalue weighted by Gasteiger charge is -2.31. The molecule has 4 nitrogen and oxygen atoms in total. The maximum absolute atomic E-state index is 13.7. The highest BCUT2D eigenvalue weighted by Crippen LogP contribution is 2.42. The molecule has 0 radical (unpaired) electrons. The average molecular weight is 495 g/mol. The topological polar surface area (TPSA) is 40.6 Å². The van der Waals surface area contributed by atoms with Crippen LogP contribution < -0.4 is 4.90 Å². The standard InChI is InChI=1S/C26H20Cl2N2O2S/c1-16-9-11-19(12-10-16)33-24-23(29-14-13-17-5-2-3-6-18(17)15-29)25(31)30(26(24)32)21-8-4-7-20(27)22(21)28/h2-12H,13-15H2,1H3. The first kappa shape index (κ1) is 22.1. The minimum absolute atomic E-state index is 0.186. The summed E-state index contributed by atoms with van der Waals surface area (Å²) in [5.74, 6) is -0.762. The number of halogens is 2. The molecule has 2 heterocycles. The van der Waals surface area contributed by atoms with Gasteiger partial charge in [0.1, 0.15) is 10.6 Å². The van der Waals surface area contributed by atoms with Crippen LogP contribution in [0.1, 0.15) is 16.7 Å². The van der Waals surface area contributed by atoms with Gasteiger partial charge in [-0.2, -0.15) is 0 Å². The van der Waals surface area contributed by atoms with E-state index in [2.05, 4.69) is 12.1 Å². The molecule has 0 saturated carbocycles. The van der Waals surface area contributed by atoms with Gasteiger partial charge in [-0.1, -0.05) is 83.0 Å². The Morgan fingerprint density at radius 2 is 1.58 bits per heavy atom. The van der Waals surface area contributed by atoms with E-state index in [0.717, 1.165) is 27.3 Å². The molecule has 3 aromatic rings. The van der Waals surface area contributed by atoms with Crippen molar-refractivity contribution in [2.75, 3.05) is 11.4 Å². The molecule has 166 valence electrons. The average Bonchev–Trinajstić information content (AvgIpc) is 3.06. The zero-order valence-corrected chi connectivity index (χ0v) is 20.2. The van der Waals surface area contributed by atoms with Crippen LogP contribution in [0, 0.1) is 6.92 Å². The summed E-state index contributed by atoms with van der Waals surface area (Å²) < 4.78 is 0. The number of rotatable bonds is 4. The molecule has 2 aliphatic rings. The zero-order chi connectivity index (χ0) is 23.1. The largest absolute Gasteiger partial charge is 0.361 e. The summed E-state index contributed by atoms with van der Waals surface area (Å²) in [5.41, 5.74) is 4.27. The molecular weight excluding hydrogens is 475 g/mol. The highest BCUT2D eigenvalue weighted by atomic mass is 35.5. The summed E-state index contributed by atoms with van der Waals surface area (Å²) in [6, 6.07) is 21.1. The third-order valence-electron chi connectivity index (χ3n) is 5.88. The predicted octanol–water partition coefficient (Wildman–Crippen LogP) is 6.24. The fourth-order valence-corrected chi connectivity index (χ4v) is 5.54. The van der Waals surface area contributed by atoms with Gasteiger partial charge in [-0.05, 0) is 48.7 Å². The Hall–Kier alpha value is -2.73. The number of aryl methyl sites for hydroxylation is 1. The molecule has 0 atom stereocenters. The molecule has 33 heavy (non-hydrogen) atoms. The van der Waals surface area contributed by atoms with Crippen molar-refractivity contribution in [2.24, 2.45) is 0 Å². The number of hydrogen-bond acceptors (Lipinski definition) is 4. The lowest BCUT2D eigenvalue weighted by Crippen LogP contribution is -2.37. The van der Waals surface area contributed by atoms with E-state index >= 15 is 0 Å². The minimum atomic E-state index is -0.386. The summed E-state index contributed by atoms with van der Waals surface area (Å²) in [7, 11) is 0. The third-order valence-corrected chi connectivity index (χ3v) is 7.77. The summed E-state index contributed by atoms with van der Waals surface area (Å²) in [5, 5.41) is 0.480.